The van der Waals surface area contributed by atoms with E-state index < -0.39 is 0 Å². The van der Waals surface area contributed by atoms with Gasteiger partial charge in [0.2, 0.25) is 5.91 Å². The first-order chi connectivity index (χ1) is 13.4. The second-order valence-electron chi connectivity index (χ2n) is 7.32. The van der Waals surface area contributed by atoms with Gasteiger partial charge >= 0.3 is 6.03 Å². The number of likely N-dealkylation sites (tertiary alicyclic amines) is 1. The molecule has 29 heavy (non-hydrogen) atoms. The minimum atomic E-state index is -0.279. The first kappa shape index (κ1) is 24.7. The molecule has 0 bridgehead atoms. The van der Waals surface area contributed by atoms with E-state index in [4.69, 9.17) is 5.73 Å². The minimum Gasteiger partial charge on any atom is -0.354 e. The molecule has 1 aromatic rings. The third kappa shape index (κ3) is 7.91. The maximum atomic E-state index is 13.0. The van der Waals surface area contributed by atoms with E-state index >= 15 is 0 Å². The molecule has 5 N–H and O–H groups in total. The quantitative estimate of drug-likeness (QED) is 0.535. The predicted octanol–water partition coefficient (Wildman–Crippen LogP) is 2.10. The number of piperidine rings is 1. The van der Waals surface area contributed by atoms with Crippen LogP contribution in [0.3, 0.4) is 0 Å². The van der Waals surface area contributed by atoms with E-state index in [0.717, 1.165) is 19.3 Å². The molecule has 1 aromatic carbocycles. The highest BCUT2D eigenvalue weighted by Gasteiger charge is 2.27. The van der Waals surface area contributed by atoms with Crippen LogP contribution in [-0.4, -0.2) is 54.5 Å². The van der Waals surface area contributed by atoms with Gasteiger partial charge in [-0.05, 0) is 57.4 Å². The molecule has 1 fully saturated rings. The third-order valence-corrected chi connectivity index (χ3v) is 4.60. The lowest BCUT2D eigenvalue weighted by Gasteiger charge is -2.36. The van der Waals surface area contributed by atoms with Crippen molar-refractivity contribution in [3.05, 3.63) is 29.8 Å². The number of urea groups is 1. The molecule has 0 radical (unpaired) electrons. The van der Waals surface area contributed by atoms with Gasteiger partial charge in [0.25, 0.3) is 5.91 Å². The summed E-state index contributed by atoms with van der Waals surface area (Å²) in [6.07, 6.45) is 3.15. The molecular formula is C20H32ClN5O3. The number of carbonyl (C=O) groups is 3. The molecule has 1 unspecified atom stereocenters. The summed E-state index contributed by atoms with van der Waals surface area (Å²) >= 11 is 0. The number of carbonyl (C=O) groups excluding carboxylic acids is 3. The molecule has 1 saturated heterocycles. The Kier molecular flexibility index (Phi) is 10.5. The maximum Gasteiger partial charge on any atom is 0.319 e. The van der Waals surface area contributed by atoms with Gasteiger partial charge in [0.05, 0.1) is 0 Å². The van der Waals surface area contributed by atoms with Crippen molar-refractivity contribution in [2.45, 2.75) is 51.6 Å². The summed E-state index contributed by atoms with van der Waals surface area (Å²) in [4.78, 5) is 38.2. The van der Waals surface area contributed by atoms with Crippen LogP contribution in [-0.2, 0) is 4.79 Å². The maximum absolute atomic E-state index is 13.0. The molecule has 1 aliphatic rings. The van der Waals surface area contributed by atoms with Gasteiger partial charge in [0.1, 0.15) is 0 Å². The molecule has 0 aromatic heterocycles. The standard InChI is InChI=1S/C20H31N5O3.ClH/c1-14(2)23-20(28)24-16-8-6-15(7-9-16)19(27)25-12-4-3-5-17(25)13-22-18(26)10-11-21;/h6-9,14,17H,3-5,10-13,21H2,1-2H3,(H,22,26)(H2,23,24,28);1H. The van der Waals surface area contributed by atoms with Gasteiger partial charge in [-0.3, -0.25) is 9.59 Å². The summed E-state index contributed by atoms with van der Waals surface area (Å²) in [5.41, 5.74) is 6.59. The Morgan fingerprint density at radius 1 is 1.17 bits per heavy atom. The average molecular weight is 426 g/mol. The number of rotatable bonds is 7. The molecule has 4 amide bonds. The lowest BCUT2D eigenvalue weighted by Crippen LogP contribution is -2.49. The first-order valence-electron chi connectivity index (χ1n) is 9.86. The van der Waals surface area contributed by atoms with Crippen LogP contribution in [0.1, 0.15) is 49.9 Å². The molecule has 0 saturated carbocycles. The smallest absolute Gasteiger partial charge is 0.319 e. The zero-order chi connectivity index (χ0) is 20.5. The van der Waals surface area contributed by atoms with Gasteiger partial charge in [0, 0.05) is 49.4 Å². The van der Waals surface area contributed by atoms with Crippen LogP contribution >= 0.6 is 12.4 Å². The summed E-state index contributed by atoms with van der Waals surface area (Å²) < 4.78 is 0. The minimum absolute atomic E-state index is 0. The van der Waals surface area contributed by atoms with E-state index in [1.165, 1.54) is 0 Å². The number of hydrogen-bond acceptors (Lipinski definition) is 4. The number of nitrogens with zero attached hydrogens (tertiary/aromatic N) is 1. The normalized spacial score (nSPS) is 16.0. The molecule has 0 spiro atoms. The first-order valence-corrected chi connectivity index (χ1v) is 9.86. The van der Waals surface area contributed by atoms with E-state index in [2.05, 4.69) is 16.0 Å². The molecule has 8 nitrogen and oxygen atoms in total. The van der Waals surface area contributed by atoms with Crippen LogP contribution in [0.5, 0.6) is 0 Å². The Bertz CT molecular complexity index is 681. The van der Waals surface area contributed by atoms with Crippen molar-refractivity contribution in [3.63, 3.8) is 0 Å². The second kappa shape index (κ2) is 12.3. The lowest BCUT2D eigenvalue weighted by atomic mass is 10.0. The Labute approximate surface area is 178 Å². The van der Waals surface area contributed by atoms with E-state index in [1.54, 1.807) is 24.3 Å². The van der Waals surface area contributed by atoms with Crippen molar-refractivity contribution < 1.29 is 14.4 Å². The van der Waals surface area contributed by atoms with Gasteiger partial charge in [-0.25, -0.2) is 4.79 Å². The Hall–Kier alpha value is -2.32. The largest absolute Gasteiger partial charge is 0.354 e. The van der Waals surface area contributed by atoms with Gasteiger partial charge in [-0.2, -0.15) is 0 Å². The number of halogens is 1. The summed E-state index contributed by atoms with van der Waals surface area (Å²) in [5.74, 6) is -0.147. The topological polar surface area (TPSA) is 117 Å². The zero-order valence-corrected chi connectivity index (χ0v) is 17.9. The fourth-order valence-electron chi connectivity index (χ4n) is 3.22. The number of nitrogens with two attached hydrogens (primary N) is 1. The molecule has 1 atom stereocenters. The van der Waals surface area contributed by atoms with Crippen molar-refractivity contribution >= 4 is 35.9 Å². The summed E-state index contributed by atoms with van der Waals surface area (Å²) in [6.45, 7) is 5.20. The Balaban J connectivity index is 0.00000420. The number of benzene rings is 1. The van der Waals surface area contributed by atoms with E-state index in [9.17, 15) is 14.4 Å². The third-order valence-electron chi connectivity index (χ3n) is 4.60. The highest BCUT2D eigenvalue weighted by Crippen LogP contribution is 2.20. The van der Waals surface area contributed by atoms with Gasteiger partial charge in [-0.15, -0.1) is 12.4 Å². The monoisotopic (exact) mass is 425 g/mol. The molecule has 162 valence electrons. The van der Waals surface area contributed by atoms with Gasteiger partial charge < -0.3 is 26.6 Å². The van der Waals surface area contributed by atoms with Crippen molar-refractivity contribution in [2.75, 3.05) is 25.0 Å². The number of anilines is 1. The van der Waals surface area contributed by atoms with Crippen LogP contribution < -0.4 is 21.7 Å². The molecule has 1 aliphatic heterocycles. The van der Waals surface area contributed by atoms with Crippen molar-refractivity contribution in [3.8, 4) is 0 Å². The molecular weight excluding hydrogens is 394 g/mol. The summed E-state index contributed by atoms with van der Waals surface area (Å²) in [6, 6.07) is 6.61. The van der Waals surface area contributed by atoms with Crippen LogP contribution in [0.25, 0.3) is 0 Å². The van der Waals surface area contributed by atoms with E-state index in [-0.39, 0.29) is 42.3 Å². The second-order valence-corrected chi connectivity index (χ2v) is 7.32. The van der Waals surface area contributed by atoms with Crippen LogP contribution in [0, 0.1) is 0 Å². The molecule has 9 heteroatoms. The van der Waals surface area contributed by atoms with Gasteiger partial charge in [0.15, 0.2) is 0 Å². The van der Waals surface area contributed by atoms with E-state index in [0.29, 0.717) is 37.3 Å². The van der Waals surface area contributed by atoms with Crippen molar-refractivity contribution in [1.82, 2.24) is 15.5 Å². The highest BCUT2D eigenvalue weighted by molar-refractivity contribution is 5.96. The molecule has 1 heterocycles. The molecule has 0 aliphatic carbocycles. The van der Waals surface area contributed by atoms with E-state index in [1.807, 2.05) is 18.7 Å². The van der Waals surface area contributed by atoms with Crippen molar-refractivity contribution in [1.29, 1.82) is 0 Å². The Morgan fingerprint density at radius 2 is 1.86 bits per heavy atom. The van der Waals surface area contributed by atoms with Crippen LogP contribution in [0.2, 0.25) is 0 Å². The average Bonchev–Trinajstić information content (AvgIpc) is 2.66. The fourth-order valence-corrected chi connectivity index (χ4v) is 3.22. The highest BCUT2D eigenvalue weighted by atomic mass is 35.5. The number of nitrogens with one attached hydrogen (secondary N) is 3. The predicted molar refractivity (Wildman–Crippen MR) is 116 cm³/mol. The fraction of sp³-hybridized carbons (Fsp3) is 0.550. The SMILES string of the molecule is CC(C)NC(=O)Nc1ccc(C(=O)N2CCCCC2CNC(=O)CCN)cc1.Cl. The zero-order valence-electron chi connectivity index (χ0n) is 17.1. The number of hydrogen-bond donors (Lipinski definition) is 4. The number of amides is 4. The summed E-state index contributed by atoms with van der Waals surface area (Å²) in [5, 5.41) is 8.36. The van der Waals surface area contributed by atoms with Crippen LogP contribution in [0.4, 0.5) is 10.5 Å². The van der Waals surface area contributed by atoms with Crippen LogP contribution in [0.15, 0.2) is 24.3 Å². The summed E-state index contributed by atoms with van der Waals surface area (Å²) in [7, 11) is 0. The van der Waals surface area contributed by atoms with Gasteiger partial charge in [-0.1, -0.05) is 0 Å². The lowest BCUT2D eigenvalue weighted by molar-refractivity contribution is -0.121. The Morgan fingerprint density at radius 3 is 2.48 bits per heavy atom. The molecule has 2 rings (SSSR count). The van der Waals surface area contributed by atoms with Crippen molar-refractivity contribution in [2.24, 2.45) is 5.73 Å².